The Balaban J connectivity index is 1.90. The van der Waals surface area contributed by atoms with Gasteiger partial charge in [0.1, 0.15) is 10.7 Å². The third kappa shape index (κ3) is 5.36. The van der Waals surface area contributed by atoms with Crippen LogP contribution in [-0.2, 0) is 0 Å². The van der Waals surface area contributed by atoms with Crippen molar-refractivity contribution in [1.82, 2.24) is 10.3 Å². The summed E-state index contributed by atoms with van der Waals surface area (Å²) in [4.78, 5) is 16.8. The van der Waals surface area contributed by atoms with Gasteiger partial charge in [-0.2, -0.15) is 0 Å². The molecule has 1 unspecified atom stereocenters. The summed E-state index contributed by atoms with van der Waals surface area (Å²) in [5.74, 6) is 0.496. The fourth-order valence-corrected chi connectivity index (χ4v) is 3.84. The average molecular weight is 324 g/mol. The van der Waals surface area contributed by atoms with Crippen LogP contribution in [0.3, 0.4) is 0 Å². The summed E-state index contributed by atoms with van der Waals surface area (Å²) in [7, 11) is 0. The van der Waals surface area contributed by atoms with Gasteiger partial charge in [0.15, 0.2) is 0 Å². The maximum Gasteiger partial charge on any atom is 0.270 e. The topological polar surface area (TPSA) is 68.0 Å². The van der Waals surface area contributed by atoms with Gasteiger partial charge >= 0.3 is 0 Å². The van der Waals surface area contributed by atoms with E-state index in [1.165, 1.54) is 43.4 Å². The molecule has 1 aromatic rings. The monoisotopic (exact) mass is 323 g/mol. The van der Waals surface area contributed by atoms with Crippen molar-refractivity contribution < 1.29 is 4.79 Å². The highest BCUT2D eigenvalue weighted by molar-refractivity contribution is 7.09. The standard InChI is InChI=1S/C17H29N3OS/c1-12(2)10-14(18)17-20-15(11-22-17)16(21)19-13-8-6-4-3-5-7-9-13/h11-14H,3-10,18H2,1-2H3,(H,19,21). The Bertz CT molecular complexity index is 464. The van der Waals surface area contributed by atoms with E-state index in [2.05, 4.69) is 24.1 Å². The maximum absolute atomic E-state index is 12.4. The van der Waals surface area contributed by atoms with E-state index in [-0.39, 0.29) is 11.9 Å². The molecule has 0 bridgehead atoms. The highest BCUT2D eigenvalue weighted by Gasteiger charge is 2.19. The molecule has 0 spiro atoms. The molecule has 1 amide bonds. The van der Waals surface area contributed by atoms with E-state index in [9.17, 15) is 4.79 Å². The number of aromatic nitrogens is 1. The Morgan fingerprint density at radius 2 is 1.95 bits per heavy atom. The zero-order chi connectivity index (χ0) is 15.9. The minimum absolute atomic E-state index is 0.0372. The van der Waals surface area contributed by atoms with E-state index in [4.69, 9.17) is 5.73 Å². The summed E-state index contributed by atoms with van der Waals surface area (Å²) < 4.78 is 0. The minimum atomic E-state index is -0.0621. The average Bonchev–Trinajstić information content (AvgIpc) is 2.90. The lowest BCUT2D eigenvalue weighted by Crippen LogP contribution is -2.35. The van der Waals surface area contributed by atoms with Gasteiger partial charge in [-0.25, -0.2) is 4.98 Å². The number of nitrogens with two attached hydrogens (primary N) is 1. The second-order valence-electron chi connectivity index (χ2n) is 6.82. The minimum Gasteiger partial charge on any atom is -0.348 e. The lowest BCUT2D eigenvalue weighted by atomic mass is 9.97. The summed E-state index contributed by atoms with van der Waals surface area (Å²) in [6.45, 7) is 4.30. The summed E-state index contributed by atoms with van der Waals surface area (Å²) in [6.07, 6.45) is 9.43. The van der Waals surface area contributed by atoms with Gasteiger partial charge in [0.2, 0.25) is 0 Å². The molecule has 0 radical (unpaired) electrons. The van der Waals surface area contributed by atoms with Crippen molar-refractivity contribution in [2.75, 3.05) is 0 Å². The molecule has 22 heavy (non-hydrogen) atoms. The molecule has 5 heteroatoms. The Morgan fingerprint density at radius 3 is 2.59 bits per heavy atom. The van der Waals surface area contributed by atoms with Crippen molar-refractivity contribution in [3.05, 3.63) is 16.1 Å². The molecule has 1 fully saturated rings. The van der Waals surface area contributed by atoms with Crippen LogP contribution in [0, 0.1) is 5.92 Å². The first-order valence-corrected chi connectivity index (χ1v) is 9.46. The summed E-state index contributed by atoms with van der Waals surface area (Å²) in [5.41, 5.74) is 6.68. The predicted molar refractivity (Wildman–Crippen MR) is 92.1 cm³/mol. The molecule has 1 aliphatic rings. The number of hydrogen-bond donors (Lipinski definition) is 2. The van der Waals surface area contributed by atoms with Crippen molar-refractivity contribution in [3.8, 4) is 0 Å². The van der Waals surface area contributed by atoms with Crippen LogP contribution in [0.25, 0.3) is 0 Å². The first kappa shape index (κ1) is 17.4. The molecule has 3 N–H and O–H groups in total. The molecule has 1 saturated carbocycles. The van der Waals surface area contributed by atoms with Gasteiger partial charge in [0.05, 0.1) is 6.04 Å². The van der Waals surface area contributed by atoms with Crippen molar-refractivity contribution in [2.45, 2.75) is 77.3 Å². The van der Waals surface area contributed by atoms with Crippen molar-refractivity contribution in [3.63, 3.8) is 0 Å². The van der Waals surface area contributed by atoms with E-state index < -0.39 is 0 Å². The molecule has 124 valence electrons. The number of hydrogen-bond acceptors (Lipinski definition) is 4. The molecular weight excluding hydrogens is 294 g/mol. The first-order chi connectivity index (χ1) is 10.6. The second kappa shape index (κ2) is 8.63. The van der Waals surface area contributed by atoms with Crippen LogP contribution >= 0.6 is 11.3 Å². The molecule has 4 nitrogen and oxygen atoms in total. The molecule has 2 rings (SSSR count). The Hall–Kier alpha value is -0.940. The fourth-order valence-electron chi connectivity index (χ4n) is 3.03. The summed E-state index contributed by atoms with van der Waals surface area (Å²) in [5, 5.41) is 5.87. The molecule has 0 aliphatic heterocycles. The van der Waals surface area contributed by atoms with E-state index in [0.717, 1.165) is 24.3 Å². The molecular formula is C17H29N3OS. The molecule has 0 aromatic carbocycles. The summed E-state index contributed by atoms with van der Waals surface area (Å²) in [6, 6.07) is 0.246. The van der Waals surface area contributed by atoms with Gasteiger partial charge < -0.3 is 11.1 Å². The Morgan fingerprint density at radius 1 is 1.32 bits per heavy atom. The maximum atomic E-state index is 12.4. The number of nitrogens with one attached hydrogen (secondary N) is 1. The number of amides is 1. The third-order valence-corrected chi connectivity index (χ3v) is 5.21. The van der Waals surface area contributed by atoms with Crippen LogP contribution in [0.2, 0.25) is 0 Å². The number of nitrogens with zero attached hydrogens (tertiary/aromatic N) is 1. The van der Waals surface area contributed by atoms with Crippen molar-refractivity contribution >= 4 is 17.2 Å². The van der Waals surface area contributed by atoms with Crippen LogP contribution in [0.15, 0.2) is 5.38 Å². The molecule has 1 aliphatic carbocycles. The normalized spacial score (nSPS) is 18.7. The first-order valence-electron chi connectivity index (χ1n) is 8.58. The van der Waals surface area contributed by atoms with Crippen LogP contribution in [0.1, 0.15) is 86.8 Å². The largest absolute Gasteiger partial charge is 0.348 e. The van der Waals surface area contributed by atoms with E-state index in [1.54, 1.807) is 0 Å². The zero-order valence-electron chi connectivity index (χ0n) is 13.8. The number of thiazole rings is 1. The Kier molecular flexibility index (Phi) is 6.83. The van der Waals surface area contributed by atoms with Crippen LogP contribution < -0.4 is 11.1 Å². The van der Waals surface area contributed by atoms with Gasteiger partial charge in [0.25, 0.3) is 5.91 Å². The van der Waals surface area contributed by atoms with Crippen molar-refractivity contribution in [1.29, 1.82) is 0 Å². The fraction of sp³-hybridized carbons (Fsp3) is 0.765. The highest BCUT2D eigenvalue weighted by Crippen LogP contribution is 2.23. The smallest absolute Gasteiger partial charge is 0.270 e. The zero-order valence-corrected chi connectivity index (χ0v) is 14.6. The quantitative estimate of drug-likeness (QED) is 0.859. The number of carbonyl (C=O) groups is 1. The van der Waals surface area contributed by atoms with E-state index in [0.29, 0.717) is 17.7 Å². The predicted octanol–water partition coefficient (Wildman–Crippen LogP) is 4.03. The van der Waals surface area contributed by atoms with Gasteiger partial charge in [-0.1, -0.05) is 46.0 Å². The van der Waals surface area contributed by atoms with Crippen LogP contribution in [0.5, 0.6) is 0 Å². The van der Waals surface area contributed by atoms with Gasteiger partial charge in [-0.05, 0) is 25.2 Å². The molecule has 0 saturated heterocycles. The second-order valence-corrected chi connectivity index (χ2v) is 7.71. The Labute approximate surface area is 137 Å². The lowest BCUT2D eigenvalue weighted by molar-refractivity contribution is 0.0926. The molecule has 1 aromatic heterocycles. The van der Waals surface area contributed by atoms with Crippen molar-refractivity contribution in [2.24, 2.45) is 11.7 Å². The SMILES string of the molecule is CC(C)CC(N)c1nc(C(=O)NC2CCCCCCC2)cs1. The van der Waals surface area contributed by atoms with Crippen LogP contribution in [-0.4, -0.2) is 16.9 Å². The van der Waals surface area contributed by atoms with E-state index in [1.807, 2.05) is 5.38 Å². The highest BCUT2D eigenvalue weighted by atomic mass is 32.1. The third-order valence-electron chi connectivity index (χ3n) is 4.24. The van der Waals surface area contributed by atoms with Gasteiger partial charge in [0, 0.05) is 11.4 Å². The lowest BCUT2D eigenvalue weighted by Gasteiger charge is -2.20. The summed E-state index contributed by atoms with van der Waals surface area (Å²) >= 11 is 1.50. The molecule has 1 atom stereocenters. The number of carbonyl (C=O) groups excluding carboxylic acids is 1. The van der Waals surface area contributed by atoms with Crippen LogP contribution in [0.4, 0.5) is 0 Å². The van der Waals surface area contributed by atoms with E-state index >= 15 is 0 Å². The number of rotatable bonds is 5. The molecule has 1 heterocycles. The van der Waals surface area contributed by atoms with Gasteiger partial charge in [-0.3, -0.25) is 4.79 Å². The van der Waals surface area contributed by atoms with Gasteiger partial charge in [-0.15, -0.1) is 11.3 Å².